The molecule has 0 spiro atoms. The first kappa shape index (κ1) is 16.2. The van der Waals surface area contributed by atoms with Crippen molar-refractivity contribution < 1.29 is 13.9 Å². The smallest absolute Gasteiger partial charge is 0.258 e. The van der Waals surface area contributed by atoms with Gasteiger partial charge in [0.2, 0.25) is 0 Å². The van der Waals surface area contributed by atoms with Gasteiger partial charge in [-0.3, -0.25) is 4.79 Å². The van der Waals surface area contributed by atoms with Crippen LogP contribution < -0.4 is 15.4 Å². The second-order valence-corrected chi connectivity index (χ2v) is 5.04. The van der Waals surface area contributed by atoms with Gasteiger partial charge in [-0.05, 0) is 31.2 Å². The lowest BCUT2D eigenvalue weighted by Gasteiger charge is -2.12. The maximum absolute atomic E-state index is 13.4. The van der Waals surface area contributed by atoms with Crippen LogP contribution in [0.25, 0.3) is 0 Å². The molecule has 4 nitrogen and oxygen atoms in total. The number of rotatable bonds is 4. The molecule has 1 heterocycles. The van der Waals surface area contributed by atoms with E-state index in [1.807, 2.05) is 0 Å². The average Bonchev–Trinajstić information content (AvgIpc) is 2.80. The third-order valence-corrected chi connectivity index (χ3v) is 3.17. The van der Waals surface area contributed by atoms with Crippen LogP contribution in [0.4, 0.5) is 4.39 Å². The minimum Gasteiger partial charge on any atom is -0.481 e. The van der Waals surface area contributed by atoms with Gasteiger partial charge in [-0.2, -0.15) is 0 Å². The molecule has 0 aromatic heterocycles. The fraction of sp³-hybridized carbons (Fsp3) is 0.417. The van der Waals surface area contributed by atoms with Crippen LogP contribution >= 0.6 is 28.3 Å². The zero-order valence-electron chi connectivity index (χ0n) is 10.1. The minimum atomic E-state index is -0.486. The zero-order chi connectivity index (χ0) is 13.0. The summed E-state index contributed by atoms with van der Waals surface area (Å²) in [7, 11) is 0. The topological polar surface area (TPSA) is 50.4 Å². The maximum Gasteiger partial charge on any atom is 0.258 e. The van der Waals surface area contributed by atoms with Crippen LogP contribution in [0.5, 0.6) is 5.75 Å². The Labute approximate surface area is 125 Å². The molecule has 7 heteroatoms. The number of carbonyl (C=O) groups excluding carboxylic acids is 1. The SMILES string of the molecule is Cl.O=C(COc1ccc(Br)cc1F)NC1CCNC1. The summed E-state index contributed by atoms with van der Waals surface area (Å²) in [5.74, 6) is -0.636. The second-order valence-electron chi connectivity index (χ2n) is 4.12. The van der Waals surface area contributed by atoms with Crippen molar-refractivity contribution in [2.24, 2.45) is 0 Å². The van der Waals surface area contributed by atoms with Gasteiger partial charge in [0.15, 0.2) is 18.2 Å². The molecular formula is C12H15BrClFN2O2. The number of benzene rings is 1. The van der Waals surface area contributed by atoms with Gasteiger partial charge in [-0.25, -0.2) is 4.39 Å². The largest absolute Gasteiger partial charge is 0.481 e. The molecule has 0 saturated carbocycles. The Balaban J connectivity index is 0.00000180. The zero-order valence-corrected chi connectivity index (χ0v) is 12.5. The van der Waals surface area contributed by atoms with Crippen LogP contribution in [0, 0.1) is 5.82 Å². The normalized spacial score (nSPS) is 17.7. The summed E-state index contributed by atoms with van der Waals surface area (Å²) in [5.41, 5.74) is 0. The van der Waals surface area contributed by atoms with E-state index in [9.17, 15) is 9.18 Å². The van der Waals surface area contributed by atoms with Gasteiger partial charge >= 0.3 is 0 Å². The Morgan fingerprint density at radius 3 is 3.00 bits per heavy atom. The lowest BCUT2D eigenvalue weighted by atomic mass is 10.2. The highest BCUT2D eigenvalue weighted by atomic mass is 79.9. The van der Waals surface area contributed by atoms with Crippen LogP contribution in [0.1, 0.15) is 6.42 Å². The highest BCUT2D eigenvalue weighted by molar-refractivity contribution is 9.10. The van der Waals surface area contributed by atoms with E-state index in [0.717, 1.165) is 19.5 Å². The molecule has 1 aliphatic heterocycles. The van der Waals surface area contributed by atoms with Crippen molar-refractivity contribution >= 4 is 34.2 Å². The number of ether oxygens (including phenoxy) is 1. The Morgan fingerprint density at radius 1 is 1.58 bits per heavy atom. The third-order valence-electron chi connectivity index (χ3n) is 2.68. The van der Waals surface area contributed by atoms with Gasteiger partial charge in [-0.1, -0.05) is 15.9 Å². The molecule has 19 heavy (non-hydrogen) atoms. The molecule has 1 aliphatic rings. The van der Waals surface area contributed by atoms with Crippen molar-refractivity contribution in [3.8, 4) is 5.75 Å². The Kier molecular flexibility index (Phi) is 6.54. The van der Waals surface area contributed by atoms with E-state index in [1.165, 1.54) is 12.1 Å². The van der Waals surface area contributed by atoms with Crippen molar-refractivity contribution in [2.75, 3.05) is 19.7 Å². The Bertz CT molecular complexity index is 442. The lowest BCUT2D eigenvalue weighted by molar-refractivity contribution is -0.123. The molecule has 1 atom stereocenters. The second kappa shape index (κ2) is 7.67. The van der Waals surface area contributed by atoms with E-state index >= 15 is 0 Å². The van der Waals surface area contributed by atoms with Gasteiger partial charge in [0, 0.05) is 17.1 Å². The quantitative estimate of drug-likeness (QED) is 0.869. The molecule has 2 rings (SSSR count). The molecule has 1 aromatic carbocycles. The fourth-order valence-corrected chi connectivity index (χ4v) is 2.12. The first-order chi connectivity index (χ1) is 8.65. The van der Waals surface area contributed by atoms with Crippen molar-refractivity contribution in [3.63, 3.8) is 0 Å². The van der Waals surface area contributed by atoms with Gasteiger partial charge in [0.25, 0.3) is 5.91 Å². The highest BCUT2D eigenvalue weighted by Gasteiger charge is 2.17. The first-order valence-corrected chi connectivity index (χ1v) is 6.52. The molecular weight excluding hydrogens is 338 g/mol. The molecule has 2 N–H and O–H groups in total. The summed E-state index contributed by atoms with van der Waals surface area (Å²) in [4.78, 5) is 11.6. The molecule has 1 unspecified atom stereocenters. The number of hydrogen-bond donors (Lipinski definition) is 2. The summed E-state index contributed by atoms with van der Waals surface area (Å²) >= 11 is 3.15. The van der Waals surface area contributed by atoms with Crippen LogP contribution in [0.3, 0.4) is 0 Å². The van der Waals surface area contributed by atoms with E-state index in [0.29, 0.717) is 4.47 Å². The average molecular weight is 354 g/mol. The minimum absolute atomic E-state index is 0. The van der Waals surface area contributed by atoms with Gasteiger partial charge < -0.3 is 15.4 Å². The van der Waals surface area contributed by atoms with Crippen LogP contribution in [0.15, 0.2) is 22.7 Å². The Morgan fingerprint density at radius 2 is 2.37 bits per heavy atom. The maximum atomic E-state index is 13.4. The summed E-state index contributed by atoms with van der Waals surface area (Å²) in [5, 5.41) is 5.97. The third kappa shape index (κ3) is 4.97. The molecule has 106 valence electrons. The molecule has 1 amide bonds. The van der Waals surface area contributed by atoms with Crippen molar-refractivity contribution in [1.29, 1.82) is 0 Å². The number of halogens is 3. The molecule has 0 aliphatic carbocycles. The Hall–Kier alpha value is -0.850. The summed E-state index contributed by atoms with van der Waals surface area (Å²) < 4.78 is 19.2. The monoisotopic (exact) mass is 352 g/mol. The number of hydrogen-bond acceptors (Lipinski definition) is 3. The van der Waals surface area contributed by atoms with E-state index in [1.54, 1.807) is 6.07 Å². The summed E-state index contributed by atoms with van der Waals surface area (Å²) in [6, 6.07) is 4.60. The fourth-order valence-electron chi connectivity index (χ4n) is 1.78. The standard InChI is InChI=1S/C12H14BrFN2O2.ClH/c13-8-1-2-11(10(14)5-8)18-7-12(17)16-9-3-4-15-6-9;/h1-2,5,9,15H,3-4,6-7H2,(H,16,17);1H. The van der Waals surface area contributed by atoms with Gasteiger partial charge in [0.1, 0.15) is 0 Å². The van der Waals surface area contributed by atoms with Crippen molar-refractivity contribution in [3.05, 3.63) is 28.5 Å². The molecule has 0 radical (unpaired) electrons. The number of amides is 1. The lowest BCUT2D eigenvalue weighted by Crippen LogP contribution is -2.39. The van der Waals surface area contributed by atoms with Crippen LogP contribution in [-0.2, 0) is 4.79 Å². The predicted octanol–water partition coefficient (Wildman–Crippen LogP) is 1.87. The summed E-state index contributed by atoms with van der Waals surface area (Å²) in [6.45, 7) is 1.51. The molecule has 0 bridgehead atoms. The van der Waals surface area contributed by atoms with Crippen LogP contribution in [-0.4, -0.2) is 31.6 Å². The van der Waals surface area contributed by atoms with Gasteiger partial charge in [0.05, 0.1) is 0 Å². The summed E-state index contributed by atoms with van der Waals surface area (Å²) in [6.07, 6.45) is 0.915. The van der Waals surface area contributed by atoms with E-state index in [2.05, 4.69) is 26.6 Å². The molecule has 1 saturated heterocycles. The van der Waals surface area contributed by atoms with Crippen LogP contribution in [0.2, 0.25) is 0 Å². The number of carbonyl (C=O) groups is 1. The van der Waals surface area contributed by atoms with Gasteiger partial charge in [-0.15, -0.1) is 12.4 Å². The van der Waals surface area contributed by atoms with Crippen molar-refractivity contribution in [2.45, 2.75) is 12.5 Å². The highest BCUT2D eigenvalue weighted by Crippen LogP contribution is 2.21. The molecule has 1 aromatic rings. The number of nitrogens with one attached hydrogen (secondary N) is 2. The van der Waals surface area contributed by atoms with Crippen molar-refractivity contribution in [1.82, 2.24) is 10.6 Å². The first-order valence-electron chi connectivity index (χ1n) is 5.73. The molecule has 1 fully saturated rings. The van der Waals surface area contributed by atoms with E-state index < -0.39 is 5.82 Å². The van der Waals surface area contributed by atoms with E-state index in [4.69, 9.17) is 4.74 Å². The predicted molar refractivity (Wildman–Crippen MR) is 76.3 cm³/mol. The van der Waals surface area contributed by atoms with E-state index in [-0.39, 0.29) is 36.7 Å².